The van der Waals surface area contributed by atoms with Gasteiger partial charge in [-0.3, -0.25) is 0 Å². The molecule has 2 saturated carbocycles. The minimum atomic E-state index is -3.50. The van der Waals surface area contributed by atoms with Crippen LogP contribution in [0.15, 0.2) is 23.1 Å². The maximum Gasteiger partial charge on any atom is 0.245 e. The minimum Gasteiger partial charge on any atom is -0.207 e. The number of hydrogen-bond acceptors (Lipinski definition) is 5. The summed E-state index contributed by atoms with van der Waals surface area (Å²) in [5.41, 5.74) is 1.17. The van der Waals surface area contributed by atoms with E-state index < -0.39 is 10.0 Å². The van der Waals surface area contributed by atoms with Crippen LogP contribution >= 0.6 is 11.7 Å². The van der Waals surface area contributed by atoms with Crippen molar-refractivity contribution in [2.45, 2.75) is 49.6 Å². The highest BCUT2D eigenvalue weighted by Gasteiger charge is 2.46. The predicted octanol–water partition coefficient (Wildman–Crippen LogP) is 2.64. The van der Waals surface area contributed by atoms with Crippen LogP contribution in [0.4, 0.5) is 0 Å². The van der Waals surface area contributed by atoms with Gasteiger partial charge in [0.25, 0.3) is 0 Å². The third kappa shape index (κ3) is 2.27. The first-order valence-electron chi connectivity index (χ1n) is 7.34. The molecule has 1 heterocycles. The smallest absolute Gasteiger partial charge is 0.207 e. The Balaban J connectivity index is 1.82. The van der Waals surface area contributed by atoms with E-state index in [2.05, 4.69) is 8.75 Å². The van der Waals surface area contributed by atoms with Gasteiger partial charge in [0.05, 0.1) is 11.7 Å². The number of benzene rings is 1. The topological polar surface area (TPSA) is 63.2 Å². The monoisotopic (exact) mass is 323 g/mol. The molecule has 2 aliphatic rings. The lowest BCUT2D eigenvalue weighted by Crippen LogP contribution is -2.41. The maximum absolute atomic E-state index is 13.2. The summed E-state index contributed by atoms with van der Waals surface area (Å²) >= 11 is 1.06. The Morgan fingerprint density at radius 2 is 2.00 bits per heavy atom. The molecule has 0 unspecified atom stereocenters. The molecule has 1 atom stereocenters. The molecule has 7 heteroatoms. The van der Waals surface area contributed by atoms with Gasteiger partial charge in [0.1, 0.15) is 15.9 Å². The van der Waals surface area contributed by atoms with Gasteiger partial charge in [-0.05, 0) is 50.7 Å². The maximum atomic E-state index is 13.2. The molecule has 2 aromatic rings. The zero-order valence-electron chi connectivity index (χ0n) is 11.8. The average molecular weight is 323 g/mol. The molecule has 2 aliphatic carbocycles. The summed E-state index contributed by atoms with van der Waals surface area (Å²) in [7, 11) is -3.50. The van der Waals surface area contributed by atoms with E-state index in [4.69, 9.17) is 0 Å². The van der Waals surface area contributed by atoms with Gasteiger partial charge in [0, 0.05) is 12.1 Å². The molecular weight excluding hydrogens is 306 g/mol. The van der Waals surface area contributed by atoms with Crippen LogP contribution in [-0.4, -0.2) is 33.6 Å². The lowest BCUT2D eigenvalue weighted by molar-refractivity contribution is 0.301. The fourth-order valence-electron chi connectivity index (χ4n) is 2.97. The zero-order valence-corrected chi connectivity index (χ0v) is 13.4. The van der Waals surface area contributed by atoms with Crippen LogP contribution < -0.4 is 0 Å². The summed E-state index contributed by atoms with van der Waals surface area (Å²) in [6.07, 6.45) is 4.23. The Labute approximate surface area is 128 Å². The first-order valence-corrected chi connectivity index (χ1v) is 9.51. The Kier molecular flexibility index (Phi) is 3.06. The molecular formula is C14H17N3O2S2. The molecule has 0 amide bonds. The summed E-state index contributed by atoms with van der Waals surface area (Å²) < 4.78 is 36.4. The van der Waals surface area contributed by atoms with Crippen LogP contribution in [0.25, 0.3) is 11.0 Å². The van der Waals surface area contributed by atoms with Crippen molar-refractivity contribution in [3.63, 3.8) is 0 Å². The lowest BCUT2D eigenvalue weighted by atomic mass is 10.2. The third-order valence-electron chi connectivity index (χ3n) is 4.42. The number of nitrogens with zero attached hydrogens (tertiary/aromatic N) is 3. The van der Waals surface area contributed by atoms with E-state index in [9.17, 15) is 8.42 Å². The van der Waals surface area contributed by atoms with E-state index >= 15 is 0 Å². The highest BCUT2D eigenvalue weighted by atomic mass is 32.2. The first kappa shape index (κ1) is 13.6. The molecule has 0 spiro atoms. The second kappa shape index (κ2) is 4.72. The van der Waals surface area contributed by atoms with Crippen molar-refractivity contribution in [3.05, 3.63) is 18.2 Å². The molecule has 1 aromatic heterocycles. The molecule has 0 aliphatic heterocycles. The van der Waals surface area contributed by atoms with Crippen LogP contribution in [0.2, 0.25) is 0 Å². The van der Waals surface area contributed by atoms with Crippen molar-refractivity contribution in [3.8, 4) is 0 Å². The summed E-state index contributed by atoms with van der Waals surface area (Å²) in [6, 6.07) is 5.48. The molecule has 4 rings (SSSR count). The normalized spacial score (nSPS) is 21.0. The van der Waals surface area contributed by atoms with E-state index in [1.54, 1.807) is 16.4 Å². The number of hydrogen-bond donors (Lipinski definition) is 0. The molecule has 1 aromatic carbocycles. The van der Waals surface area contributed by atoms with E-state index in [-0.39, 0.29) is 12.1 Å². The number of sulfonamides is 1. The van der Waals surface area contributed by atoms with Crippen LogP contribution in [0.5, 0.6) is 0 Å². The van der Waals surface area contributed by atoms with Crippen molar-refractivity contribution in [2.75, 3.05) is 0 Å². The van der Waals surface area contributed by atoms with E-state index in [0.717, 1.165) is 37.4 Å². The number of fused-ring (bicyclic) bond motifs is 1. The molecule has 0 radical (unpaired) electrons. The molecule has 0 saturated heterocycles. The van der Waals surface area contributed by atoms with Gasteiger partial charge in [-0.1, -0.05) is 6.07 Å². The van der Waals surface area contributed by atoms with E-state index in [0.29, 0.717) is 21.8 Å². The third-order valence-corrected chi connectivity index (χ3v) is 7.03. The quantitative estimate of drug-likeness (QED) is 0.848. The van der Waals surface area contributed by atoms with Gasteiger partial charge in [-0.25, -0.2) is 8.42 Å². The van der Waals surface area contributed by atoms with Crippen molar-refractivity contribution in [2.24, 2.45) is 5.92 Å². The Bertz CT molecular complexity index is 778. The average Bonchev–Trinajstić information content (AvgIpc) is 3.36. The Morgan fingerprint density at radius 3 is 2.67 bits per heavy atom. The standard InChI is InChI=1S/C14H17N3O2S2/c1-9(10-5-6-10)17(11-7-8-11)21(18,19)13-4-2-3-12-14(13)16-20-15-12/h2-4,9-11H,5-8H2,1H3/t9-/m0/s1. The number of rotatable bonds is 5. The summed E-state index contributed by atoms with van der Waals surface area (Å²) in [5, 5.41) is 0. The largest absolute Gasteiger partial charge is 0.245 e. The fraction of sp³-hybridized carbons (Fsp3) is 0.571. The van der Waals surface area contributed by atoms with Crippen molar-refractivity contribution < 1.29 is 8.42 Å². The summed E-state index contributed by atoms with van der Waals surface area (Å²) in [4.78, 5) is 0.313. The number of aromatic nitrogens is 2. The Morgan fingerprint density at radius 1 is 1.24 bits per heavy atom. The second-order valence-corrected chi connectivity index (χ2v) is 8.37. The molecule has 21 heavy (non-hydrogen) atoms. The summed E-state index contributed by atoms with van der Waals surface area (Å²) in [5.74, 6) is 0.521. The molecule has 5 nitrogen and oxygen atoms in total. The minimum absolute atomic E-state index is 0.0874. The van der Waals surface area contributed by atoms with Crippen LogP contribution in [0.1, 0.15) is 32.6 Å². The van der Waals surface area contributed by atoms with Crippen molar-refractivity contribution in [1.29, 1.82) is 0 Å². The van der Waals surface area contributed by atoms with Crippen LogP contribution in [0.3, 0.4) is 0 Å². The van der Waals surface area contributed by atoms with Crippen molar-refractivity contribution in [1.82, 2.24) is 13.1 Å². The SMILES string of the molecule is C[C@@H](C1CC1)N(C1CC1)S(=O)(=O)c1cccc2nsnc12. The fourth-order valence-corrected chi connectivity index (χ4v) is 5.66. The van der Waals surface area contributed by atoms with Gasteiger partial charge < -0.3 is 0 Å². The van der Waals surface area contributed by atoms with E-state index in [1.165, 1.54) is 0 Å². The van der Waals surface area contributed by atoms with Gasteiger partial charge in [-0.15, -0.1) is 0 Å². The van der Waals surface area contributed by atoms with Crippen LogP contribution in [0, 0.1) is 5.92 Å². The van der Waals surface area contributed by atoms with Crippen LogP contribution in [-0.2, 0) is 10.0 Å². The highest BCUT2D eigenvalue weighted by molar-refractivity contribution is 7.89. The van der Waals surface area contributed by atoms with Gasteiger partial charge in [0.2, 0.25) is 10.0 Å². The Hall–Kier alpha value is -1.05. The second-order valence-electron chi connectivity index (χ2n) is 6.03. The van der Waals surface area contributed by atoms with Crippen molar-refractivity contribution >= 4 is 32.8 Å². The van der Waals surface area contributed by atoms with Gasteiger partial charge in [0.15, 0.2) is 0 Å². The summed E-state index contributed by atoms with van der Waals surface area (Å²) in [6.45, 7) is 2.05. The van der Waals surface area contributed by atoms with Gasteiger partial charge in [-0.2, -0.15) is 13.1 Å². The lowest BCUT2D eigenvalue weighted by Gasteiger charge is -2.28. The van der Waals surface area contributed by atoms with E-state index in [1.807, 2.05) is 13.0 Å². The first-order chi connectivity index (χ1) is 10.1. The highest BCUT2D eigenvalue weighted by Crippen LogP contribution is 2.43. The van der Waals surface area contributed by atoms with Gasteiger partial charge >= 0.3 is 0 Å². The molecule has 0 N–H and O–H groups in total. The predicted molar refractivity (Wildman–Crippen MR) is 81.6 cm³/mol. The zero-order chi connectivity index (χ0) is 14.6. The molecule has 2 fully saturated rings. The molecule has 0 bridgehead atoms. The molecule has 112 valence electrons.